The molecule has 0 atom stereocenters. The van der Waals surface area contributed by atoms with Gasteiger partial charge in [-0.3, -0.25) is 4.79 Å². The number of aliphatic hydroxyl groups excluding tert-OH is 1. The van der Waals surface area contributed by atoms with E-state index in [4.69, 9.17) is 5.11 Å². The Labute approximate surface area is 111 Å². The summed E-state index contributed by atoms with van der Waals surface area (Å²) in [7, 11) is 1.46. The average molecular weight is 272 g/mol. The van der Waals surface area contributed by atoms with Gasteiger partial charge in [0.25, 0.3) is 5.91 Å². The van der Waals surface area contributed by atoms with E-state index >= 15 is 0 Å². The number of benzene rings is 1. The van der Waals surface area contributed by atoms with E-state index in [1.54, 1.807) is 0 Å². The zero-order chi connectivity index (χ0) is 14.4. The molecule has 0 radical (unpaired) electrons. The molecule has 0 heterocycles. The highest BCUT2D eigenvalue weighted by atomic mass is 19.1. The summed E-state index contributed by atoms with van der Waals surface area (Å²) in [4.78, 5) is 13.0. The normalized spacial score (nSPS) is 10.4. The van der Waals surface area contributed by atoms with Crippen LogP contribution >= 0.6 is 0 Å². The molecule has 0 saturated carbocycles. The summed E-state index contributed by atoms with van der Waals surface area (Å²) in [6.45, 7) is 2.23. The highest BCUT2D eigenvalue weighted by Crippen LogP contribution is 2.21. The van der Waals surface area contributed by atoms with Gasteiger partial charge in [0.1, 0.15) is 17.3 Å². The Morgan fingerprint density at radius 3 is 2.42 bits per heavy atom. The van der Waals surface area contributed by atoms with E-state index in [-0.39, 0.29) is 24.4 Å². The Morgan fingerprint density at radius 1 is 1.37 bits per heavy atom. The maximum Gasteiger partial charge on any atom is 0.253 e. The molecule has 0 aliphatic rings. The molecule has 1 aromatic carbocycles. The van der Waals surface area contributed by atoms with Crippen LogP contribution in [0.15, 0.2) is 12.1 Å². The van der Waals surface area contributed by atoms with Crippen LogP contribution in [0.1, 0.15) is 23.7 Å². The summed E-state index contributed by atoms with van der Waals surface area (Å²) >= 11 is 0. The number of hydrogen-bond donors (Lipinski definition) is 2. The Morgan fingerprint density at radius 2 is 1.95 bits per heavy atom. The standard InChI is InChI=1S/C13H18F2N2O2/c1-3-4-16-12-10(14)7-9(8-11(12)15)13(19)17(2)5-6-18/h7-8,16,18H,3-6H2,1-2H3. The van der Waals surface area contributed by atoms with E-state index in [0.29, 0.717) is 6.54 Å². The molecular weight excluding hydrogens is 254 g/mol. The third-order valence-electron chi connectivity index (χ3n) is 2.62. The minimum Gasteiger partial charge on any atom is -0.395 e. The maximum absolute atomic E-state index is 13.7. The van der Waals surface area contributed by atoms with Crippen LogP contribution in [0.4, 0.5) is 14.5 Å². The Bertz CT molecular complexity index is 429. The third-order valence-corrected chi connectivity index (χ3v) is 2.62. The largest absolute Gasteiger partial charge is 0.395 e. The molecule has 19 heavy (non-hydrogen) atoms. The SMILES string of the molecule is CCCNc1c(F)cc(C(=O)N(C)CCO)cc1F. The van der Waals surface area contributed by atoms with Crippen LogP contribution < -0.4 is 5.32 Å². The van der Waals surface area contributed by atoms with Gasteiger partial charge in [-0.25, -0.2) is 8.78 Å². The van der Waals surface area contributed by atoms with Gasteiger partial charge in [0, 0.05) is 25.7 Å². The van der Waals surface area contributed by atoms with Gasteiger partial charge in [0.2, 0.25) is 0 Å². The quantitative estimate of drug-likeness (QED) is 0.831. The minimum atomic E-state index is -0.797. The number of anilines is 1. The van der Waals surface area contributed by atoms with Gasteiger partial charge in [-0.15, -0.1) is 0 Å². The van der Waals surface area contributed by atoms with Crippen molar-refractivity contribution < 1.29 is 18.7 Å². The number of likely N-dealkylation sites (N-methyl/N-ethyl adjacent to an activating group) is 1. The number of hydrogen-bond acceptors (Lipinski definition) is 3. The van der Waals surface area contributed by atoms with Crippen LogP contribution in [0.5, 0.6) is 0 Å². The first-order valence-corrected chi connectivity index (χ1v) is 6.10. The van der Waals surface area contributed by atoms with Gasteiger partial charge < -0.3 is 15.3 Å². The maximum atomic E-state index is 13.7. The second-order valence-corrected chi connectivity index (χ2v) is 4.19. The lowest BCUT2D eigenvalue weighted by Gasteiger charge is -2.16. The monoisotopic (exact) mass is 272 g/mol. The molecule has 2 N–H and O–H groups in total. The third kappa shape index (κ3) is 3.89. The number of rotatable bonds is 6. The molecule has 0 aromatic heterocycles. The highest BCUT2D eigenvalue weighted by Gasteiger charge is 2.17. The zero-order valence-corrected chi connectivity index (χ0v) is 11.0. The van der Waals surface area contributed by atoms with E-state index in [0.717, 1.165) is 18.6 Å². The van der Waals surface area contributed by atoms with Gasteiger partial charge in [0.15, 0.2) is 0 Å². The summed E-state index contributed by atoms with van der Waals surface area (Å²) in [5.41, 5.74) is -0.295. The number of nitrogens with one attached hydrogen (secondary N) is 1. The zero-order valence-electron chi connectivity index (χ0n) is 11.0. The molecule has 1 amide bonds. The molecule has 6 heteroatoms. The van der Waals surface area contributed by atoms with Gasteiger partial charge in [-0.2, -0.15) is 0 Å². The Kier molecular flexibility index (Phi) is 5.69. The lowest BCUT2D eigenvalue weighted by Crippen LogP contribution is -2.29. The molecule has 0 fully saturated rings. The first kappa shape index (κ1) is 15.4. The van der Waals surface area contributed by atoms with Crippen molar-refractivity contribution in [3.8, 4) is 0 Å². The predicted molar refractivity (Wildman–Crippen MR) is 69.2 cm³/mol. The summed E-state index contributed by atoms with van der Waals surface area (Å²) < 4.78 is 27.4. The van der Waals surface area contributed by atoms with E-state index in [1.165, 1.54) is 11.9 Å². The number of carbonyl (C=O) groups excluding carboxylic acids is 1. The number of nitrogens with zero attached hydrogens (tertiary/aromatic N) is 1. The van der Waals surface area contributed by atoms with Gasteiger partial charge in [-0.1, -0.05) is 6.92 Å². The molecule has 1 aromatic rings. The average Bonchev–Trinajstić information content (AvgIpc) is 2.37. The van der Waals surface area contributed by atoms with E-state index < -0.39 is 17.5 Å². The summed E-state index contributed by atoms with van der Waals surface area (Å²) in [6, 6.07) is 1.99. The molecule has 0 aliphatic carbocycles. The van der Waals surface area contributed by atoms with Gasteiger partial charge in [-0.05, 0) is 18.6 Å². The number of carbonyl (C=O) groups is 1. The molecule has 0 saturated heterocycles. The second kappa shape index (κ2) is 7.04. The van der Waals surface area contributed by atoms with E-state index in [1.807, 2.05) is 6.92 Å². The smallest absolute Gasteiger partial charge is 0.253 e. The van der Waals surface area contributed by atoms with Crippen LogP contribution in [0, 0.1) is 11.6 Å². The molecule has 106 valence electrons. The van der Waals surface area contributed by atoms with E-state index in [2.05, 4.69) is 5.32 Å². The fourth-order valence-corrected chi connectivity index (χ4v) is 1.59. The topological polar surface area (TPSA) is 52.6 Å². The molecule has 1 rings (SSSR count). The number of amides is 1. The molecule has 0 spiro atoms. The van der Waals surface area contributed by atoms with Crippen molar-refractivity contribution in [3.05, 3.63) is 29.3 Å². The molecule has 0 aliphatic heterocycles. The van der Waals surface area contributed by atoms with Crippen LogP contribution in [-0.4, -0.2) is 42.7 Å². The molecular formula is C13H18F2N2O2. The van der Waals surface area contributed by atoms with Crippen molar-refractivity contribution >= 4 is 11.6 Å². The molecule has 0 unspecified atom stereocenters. The summed E-state index contributed by atoms with van der Waals surface area (Å²) in [6.07, 6.45) is 0.735. The Hall–Kier alpha value is -1.69. The van der Waals surface area contributed by atoms with Crippen molar-refractivity contribution in [2.24, 2.45) is 0 Å². The molecule has 0 bridgehead atoms. The lowest BCUT2D eigenvalue weighted by atomic mass is 10.1. The minimum absolute atomic E-state index is 0.0759. The fraction of sp³-hybridized carbons (Fsp3) is 0.462. The van der Waals surface area contributed by atoms with Gasteiger partial charge in [0.05, 0.1) is 6.61 Å². The van der Waals surface area contributed by atoms with Crippen LogP contribution in [0.3, 0.4) is 0 Å². The van der Waals surface area contributed by atoms with Crippen LogP contribution in [0.25, 0.3) is 0 Å². The summed E-state index contributed by atoms with van der Waals surface area (Å²) in [5, 5.41) is 11.4. The van der Waals surface area contributed by atoms with Crippen molar-refractivity contribution in [1.82, 2.24) is 4.90 Å². The second-order valence-electron chi connectivity index (χ2n) is 4.19. The van der Waals surface area contributed by atoms with E-state index in [9.17, 15) is 13.6 Å². The first-order valence-electron chi connectivity index (χ1n) is 6.10. The predicted octanol–water partition coefficient (Wildman–Crippen LogP) is 1.85. The highest BCUT2D eigenvalue weighted by molar-refractivity contribution is 5.94. The first-order chi connectivity index (χ1) is 9.01. The molecule has 4 nitrogen and oxygen atoms in total. The van der Waals surface area contributed by atoms with Crippen molar-refractivity contribution in [2.45, 2.75) is 13.3 Å². The summed E-state index contributed by atoms with van der Waals surface area (Å²) in [5.74, 6) is -2.13. The van der Waals surface area contributed by atoms with Crippen LogP contribution in [-0.2, 0) is 0 Å². The van der Waals surface area contributed by atoms with Gasteiger partial charge >= 0.3 is 0 Å². The van der Waals surface area contributed by atoms with Crippen molar-refractivity contribution in [1.29, 1.82) is 0 Å². The number of aliphatic hydroxyl groups is 1. The fourth-order valence-electron chi connectivity index (χ4n) is 1.59. The van der Waals surface area contributed by atoms with Crippen molar-refractivity contribution in [3.63, 3.8) is 0 Å². The lowest BCUT2D eigenvalue weighted by molar-refractivity contribution is 0.0766. The van der Waals surface area contributed by atoms with Crippen molar-refractivity contribution in [2.75, 3.05) is 32.1 Å². The van der Waals surface area contributed by atoms with Crippen LogP contribution in [0.2, 0.25) is 0 Å². The number of halogens is 2. The Balaban J connectivity index is 2.97.